The van der Waals surface area contributed by atoms with E-state index in [1.54, 1.807) is 6.92 Å². The summed E-state index contributed by atoms with van der Waals surface area (Å²) >= 11 is 0. The molecule has 4 N–H and O–H groups in total. The van der Waals surface area contributed by atoms with Crippen LogP contribution in [0.3, 0.4) is 0 Å². The Morgan fingerprint density at radius 3 is 2.89 bits per heavy atom. The van der Waals surface area contributed by atoms with E-state index in [0.717, 1.165) is 6.07 Å². The number of carbonyl (C=O) groups excluding carboxylic acids is 1. The van der Waals surface area contributed by atoms with Gasteiger partial charge in [-0.2, -0.15) is 4.98 Å². The van der Waals surface area contributed by atoms with Gasteiger partial charge in [0.25, 0.3) is 11.5 Å². The molecule has 0 unspecified atom stereocenters. The quantitative estimate of drug-likeness (QED) is 0.548. The number of carbonyl (C=O) groups is 1. The van der Waals surface area contributed by atoms with Crippen molar-refractivity contribution >= 4 is 11.9 Å². The molecule has 2 aromatic rings. The van der Waals surface area contributed by atoms with Gasteiger partial charge in [-0.15, -0.1) is 5.10 Å². The van der Waals surface area contributed by atoms with Crippen LogP contribution in [0.1, 0.15) is 17.4 Å². The number of nitrogens with one attached hydrogen (secondary N) is 4. The Morgan fingerprint density at radius 2 is 2.21 bits per heavy atom. The standard InChI is InChI=1S/C9H10N6O4/c1-2-19-9-13-7(14-15-9)12-6(17)4-3-5(16)11-8(18)10-4/h3H,2H2,1H3,(H2,10,11,16,18)(H2,12,13,14,15,17). The van der Waals surface area contributed by atoms with Gasteiger partial charge in [-0.1, -0.05) is 0 Å². The Kier molecular flexibility index (Phi) is 3.41. The molecule has 19 heavy (non-hydrogen) atoms. The fourth-order valence-electron chi connectivity index (χ4n) is 1.26. The molecule has 10 heteroatoms. The van der Waals surface area contributed by atoms with Crippen molar-refractivity contribution in [2.75, 3.05) is 11.9 Å². The molecule has 0 atom stereocenters. The number of amides is 1. The van der Waals surface area contributed by atoms with Gasteiger partial charge in [0, 0.05) is 6.07 Å². The van der Waals surface area contributed by atoms with Gasteiger partial charge in [0.05, 0.1) is 6.61 Å². The van der Waals surface area contributed by atoms with E-state index < -0.39 is 17.2 Å². The van der Waals surface area contributed by atoms with Crippen LogP contribution in [-0.4, -0.2) is 37.7 Å². The molecule has 100 valence electrons. The van der Waals surface area contributed by atoms with Crippen LogP contribution in [-0.2, 0) is 0 Å². The van der Waals surface area contributed by atoms with E-state index in [9.17, 15) is 14.4 Å². The second-order valence-corrected chi connectivity index (χ2v) is 3.36. The van der Waals surface area contributed by atoms with Gasteiger partial charge in [0.1, 0.15) is 5.69 Å². The van der Waals surface area contributed by atoms with Crippen molar-refractivity contribution in [1.82, 2.24) is 25.1 Å². The first kappa shape index (κ1) is 12.5. The molecule has 0 aliphatic carbocycles. The number of hydrogen-bond donors (Lipinski definition) is 4. The highest BCUT2D eigenvalue weighted by Gasteiger charge is 2.11. The lowest BCUT2D eigenvalue weighted by molar-refractivity contribution is 0.102. The van der Waals surface area contributed by atoms with E-state index in [1.807, 2.05) is 4.98 Å². The smallest absolute Gasteiger partial charge is 0.337 e. The van der Waals surface area contributed by atoms with Crippen molar-refractivity contribution < 1.29 is 9.53 Å². The summed E-state index contributed by atoms with van der Waals surface area (Å²) in [7, 11) is 0. The average molecular weight is 266 g/mol. The zero-order valence-electron chi connectivity index (χ0n) is 9.81. The van der Waals surface area contributed by atoms with Gasteiger partial charge in [-0.3, -0.25) is 19.9 Å². The fraction of sp³-hybridized carbons (Fsp3) is 0.222. The van der Waals surface area contributed by atoms with Crippen molar-refractivity contribution in [3.8, 4) is 6.01 Å². The molecule has 0 bridgehead atoms. The number of hydrogen-bond acceptors (Lipinski definition) is 6. The van der Waals surface area contributed by atoms with Crippen LogP contribution >= 0.6 is 0 Å². The largest absolute Gasteiger partial charge is 0.463 e. The van der Waals surface area contributed by atoms with Gasteiger partial charge in [-0.25, -0.2) is 9.89 Å². The van der Waals surface area contributed by atoms with Crippen molar-refractivity contribution in [3.63, 3.8) is 0 Å². The Morgan fingerprint density at radius 1 is 1.42 bits per heavy atom. The highest BCUT2D eigenvalue weighted by Crippen LogP contribution is 2.06. The minimum atomic E-state index is -0.773. The van der Waals surface area contributed by atoms with E-state index in [1.165, 1.54) is 0 Å². The van der Waals surface area contributed by atoms with E-state index >= 15 is 0 Å². The summed E-state index contributed by atoms with van der Waals surface area (Å²) in [4.78, 5) is 41.7. The first-order chi connectivity index (χ1) is 9.08. The predicted octanol–water partition coefficient (Wildman–Crippen LogP) is -1.17. The molecule has 0 aliphatic heterocycles. The van der Waals surface area contributed by atoms with Gasteiger partial charge >= 0.3 is 11.7 Å². The predicted molar refractivity (Wildman–Crippen MR) is 63.2 cm³/mol. The lowest BCUT2D eigenvalue weighted by Crippen LogP contribution is -2.27. The van der Waals surface area contributed by atoms with Gasteiger partial charge < -0.3 is 9.72 Å². The Balaban J connectivity index is 2.15. The van der Waals surface area contributed by atoms with Crippen LogP contribution in [0.2, 0.25) is 0 Å². The van der Waals surface area contributed by atoms with E-state index in [2.05, 4.69) is 25.5 Å². The van der Waals surface area contributed by atoms with Crippen molar-refractivity contribution in [1.29, 1.82) is 0 Å². The van der Waals surface area contributed by atoms with Crippen LogP contribution in [0.25, 0.3) is 0 Å². The molecule has 0 fully saturated rings. The van der Waals surface area contributed by atoms with Gasteiger partial charge in [0.2, 0.25) is 5.95 Å². The third-order valence-electron chi connectivity index (χ3n) is 1.98. The maximum atomic E-state index is 11.7. The minimum Gasteiger partial charge on any atom is -0.463 e. The number of nitrogens with zero attached hydrogens (tertiary/aromatic N) is 2. The molecule has 0 saturated heterocycles. The normalized spacial score (nSPS) is 10.2. The summed E-state index contributed by atoms with van der Waals surface area (Å²) in [6.45, 7) is 2.14. The Hall–Kier alpha value is -2.91. The molecule has 0 spiro atoms. The van der Waals surface area contributed by atoms with Crippen LogP contribution in [0.15, 0.2) is 15.7 Å². The Labute approximate surface area is 105 Å². The van der Waals surface area contributed by atoms with Crippen LogP contribution in [0, 0.1) is 0 Å². The average Bonchev–Trinajstić information content (AvgIpc) is 2.76. The SMILES string of the molecule is CCOc1n[nH]c(NC(=O)c2cc(=O)[nH]c(=O)[nH]2)n1. The Bertz CT molecular complexity index is 671. The molecule has 0 aliphatic rings. The molecule has 0 saturated carbocycles. The molecule has 0 radical (unpaired) electrons. The van der Waals surface area contributed by atoms with Crippen LogP contribution < -0.4 is 21.3 Å². The zero-order valence-corrected chi connectivity index (χ0v) is 9.81. The first-order valence-corrected chi connectivity index (χ1v) is 5.28. The molecule has 1 amide bonds. The van der Waals surface area contributed by atoms with Crippen molar-refractivity contribution in [3.05, 3.63) is 32.6 Å². The lowest BCUT2D eigenvalue weighted by Gasteiger charge is -1.99. The third-order valence-corrected chi connectivity index (χ3v) is 1.98. The number of ether oxygens (including phenoxy) is 1. The summed E-state index contributed by atoms with van der Waals surface area (Å²) in [5.74, 6) is -0.669. The zero-order chi connectivity index (χ0) is 13.8. The topological polar surface area (TPSA) is 146 Å². The summed E-state index contributed by atoms with van der Waals surface area (Å²) in [5.41, 5.74) is -1.64. The molecule has 2 rings (SSSR count). The lowest BCUT2D eigenvalue weighted by atomic mass is 10.4. The maximum Gasteiger partial charge on any atom is 0.337 e. The first-order valence-electron chi connectivity index (χ1n) is 5.28. The summed E-state index contributed by atoms with van der Waals surface area (Å²) in [6, 6.07) is 1.04. The second-order valence-electron chi connectivity index (χ2n) is 3.36. The molecular formula is C9H10N6O4. The number of anilines is 1. The number of rotatable bonds is 4. The molecule has 2 aromatic heterocycles. The molecular weight excluding hydrogens is 256 g/mol. The van der Waals surface area contributed by atoms with Crippen molar-refractivity contribution in [2.45, 2.75) is 6.92 Å². The van der Waals surface area contributed by atoms with E-state index in [4.69, 9.17) is 4.74 Å². The van der Waals surface area contributed by atoms with Gasteiger partial charge in [-0.05, 0) is 6.92 Å². The third kappa shape index (κ3) is 3.06. The van der Waals surface area contributed by atoms with E-state index in [-0.39, 0.29) is 17.7 Å². The second kappa shape index (κ2) is 5.16. The highest BCUT2D eigenvalue weighted by molar-refractivity contribution is 6.01. The number of aromatic amines is 3. The number of aromatic nitrogens is 5. The molecule has 2 heterocycles. The minimum absolute atomic E-state index is 0.0366. The summed E-state index contributed by atoms with van der Waals surface area (Å²) in [6.07, 6.45) is 0. The van der Waals surface area contributed by atoms with Crippen LogP contribution in [0.5, 0.6) is 6.01 Å². The number of H-pyrrole nitrogens is 3. The van der Waals surface area contributed by atoms with Crippen molar-refractivity contribution in [2.24, 2.45) is 0 Å². The monoisotopic (exact) mass is 266 g/mol. The van der Waals surface area contributed by atoms with Gasteiger partial charge in [0.15, 0.2) is 0 Å². The van der Waals surface area contributed by atoms with Crippen LogP contribution in [0.4, 0.5) is 5.95 Å². The molecule has 10 nitrogen and oxygen atoms in total. The highest BCUT2D eigenvalue weighted by atomic mass is 16.5. The summed E-state index contributed by atoms with van der Waals surface area (Å²) in [5, 5.41) is 8.42. The summed E-state index contributed by atoms with van der Waals surface area (Å²) < 4.78 is 4.99. The maximum absolute atomic E-state index is 11.7. The fourth-order valence-corrected chi connectivity index (χ4v) is 1.26. The van der Waals surface area contributed by atoms with E-state index in [0.29, 0.717) is 6.61 Å². The molecule has 0 aromatic carbocycles.